The number of hydrogen-bond acceptors (Lipinski definition) is 4. The number of hydrogen-bond donors (Lipinski definition) is 1. The number of nitrogens with one attached hydrogen (secondary N) is 1. The van der Waals surface area contributed by atoms with Crippen LogP contribution in [-0.2, 0) is 11.3 Å². The van der Waals surface area contributed by atoms with Gasteiger partial charge in [-0.2, -0.15) is 0 Å². The summed E-state index contributed by atoms with van der Waals surface area (Å²) in [5.74, 6) is 0.986. The van der Waals surface area contributed by atoms with Crippen LogP contribution in [0, 0.1) is 0 Å². The van der Waals surface area contributed by atoms with E-state index in [1.165, 1.54) is 0 Å². The molecule has 106 valence electrons. The van der Waals surface area contributed by atoms with Crippen molar-refractivity contribution in [2.45, 2.75) is 39.3 Å². The Morgan fingerprint density at radius 3 is 3.11 bits per heavy atom. The molecule has 0 saturated carbocycles. The zero-order valence-corrected chi connectivity index (χ0v) is 12.1. The maximum atomic E-state index is 5.70. The van der Waals surface area contributed by atoms with E-state index in [2.05, 4.69) is 41.2 Å². The maximum absolute atomic E-state index is 5.70. The van der Waals surface area contributed by atoms with Crippen LogP contribution in [0.4, 0.5) is 5.82 Å². The first-order valence-electron chi connectivity index (χ1n) is 7.35. The lowest BCUT2D eigenvalue weighted by Crippen LogP contribution is -2.41. The Morgan fingerprint density at radius 2 is 2.32 bits per heavy atom. The lowest BCUT2D eigenvalue weighted by atomic mass is 10.2. The number of nitrogens with zero attached hydrogens (tertiary/aromatic N) is 2. The second-order valence-corrected chi connectivity index (χ2v) is 5.08. The van der Waals surface area contributed by atoms with Gasteiger partial charge < -0.3 is 10.1 Å². The molecule has 1 aromatic rings. The second kappa shape index (κ2) is 7.46. The Balaban J connectivity index is 1.90. The van der Waals surface area contributed by atoms with Crippen LogP contribution in [0.3, 0.4) is 0 Å². The van der Waals surface area contributed by atoms with Crippen molar-refractivity contribution in [1.82, 2.24) is 9.88 Å². The Kier molecular flexibility index (Phi) is 5.61. The van der Waals surface area contributed by atoms with E-state index in [4.69, 9.17) is 4.74 Å². The predicted octanol–water partition coefficient (Wildman–Crippen LogP) is 2.51. The molecule has 1 saturated heterocycles. The zero-order chi connectivity index (χ0) is 13.5. The average molecular weight is 263 g/mol. The molecule has 1 fully saturated rings. The van der Waals surface area contributed by atoms with Crippen molar-refractivity contribution >= 4 is 5.82 Å². The second-order valence-electron chi connectivity index (χ2n) is 5.08. The van der Waals surface area contributed by atoms with E-state index in [0.717, 1.165) is 57.1 Å². The molecule has 2 heterocycles. The molecule has 1 atom stereocenters. The van der Waals surface area contributed by atoms with Gasteiger partial charge in [0.2, 0.25) is 0 Å². The first-order chi connectivity index (χ1) is 9.31. The first-order valence-corrected chi connectivity index (χ1v) is 7.35. The molecular formula is C15H25N3O. The van der Waals surface area contributed by atoms with Crippen molar-refractivity contribution in [3.05, 3.63) is 23.9 Å². The van der Waals surface area contributed by atoms with Crippen LogP contribution >= 0.6 is 0 Å². The Morgan fingerprint density at radius 1 is 1.42 bits per heavy atom. The van der Waals surface area contributed by atoms with Crippen LogP contribution in [0.2, 0.25) is 0 Å². The van der Waals surface area contributed by atoms with Gasteiger partial charge in [0.15, 0.2) is 0 Å². The number of anilines is 1. The van der Waals surface area contributed by atoms with Gasteiger partial charge in [-0.3, -0.25) is 4.90 Å². The normalized spacial score (nSPS) is 20.4. The van der Waals surface area contributed by atoms with Crippen LogP contribution in [0.1, 0.15) is 32.4 Å². The molecule has 1 aliphatic rings. The fourth-order valence-corrected chi connectivity index (χ4v) is 2.32. The number of pyridine rings is 1. The lowest BCUT2D eigenvalue weighted by molar-refractivity contribution is -0.0328. The van der Waals surface area contributed by atoms with Crippen LogP contribution < -0.4 is 5.32 Å². The summed E-state index contributed by atoms with van der Waals surface area (Å²) in [6, 6.07) is 6.22. The third-order valence-electron chi connectivity index (χ3n) is 3.43. The minimum absolute atomic E-state index is 0.384. The van der Waals surface area contributed by atoms with Gasteiger partial charge in [-0.1, -0.05) is 19.9 Å². The van der Waals surface area contributed by atoms with Crippen LogP contribution in [0.5, 0.6) is 0 Å². The molecule has 0 bridgehead atoms. The van der Waals surface area contributed by atoms with E-state index in [9.17, 15) is 0 Å². The van der Waals surface area contributed by atoms with Gasteiger partial charge in [-0.15, -0.1) is 0 Å². The van der Waals surface area contributed by atoms with Gasteiger partial charge in [0, 0.05) is 26.2 Å². The van der Waals surface area contributed by atoms with Gasteiger partial charge in [-0.05, 0) is 25.0 Å². The monoisotopic (exact) mass is 263 g/mol. The zero-order valence-electron chi connectivity index (χ0n) is 12.1. The van der Waals surface area contributed by atoms with Crippen molar-refractivity contribution in [1.29, 1.82) is 0 Å². The number of ether oxygens (including phenoxy) is 1. The summed E-state index contributed by atoms with van der Waals surface area (Å²) in [7, 11) is 0. The van der Waals surface area contributed by atoms with Crippen molar-refractivity contribution in [3.8, 4) is 0 Å². The Bertz CT molecular complexity index is 383. The molecule has 1 aromatic heterocycles. The van der Waals surface area contributed by atoms with Gasteiger partial charge in [0.1, 0.15) is 5.82 Å². The van der Waals surface area contributed by atoms with E-state index in [0.29, 0.717) is 6.10 Å². The van der Waals surface area contributed by atoms with Crippen LogP contribution in [0.15, 0.2) is 18.2 Å². The highest BCUT2D eigenvalue weighted by molar-refractivity contribution is 5.35. The molecule has 4 heteroatoms. The summed E-state index contributed by atoms with van der Waals surface area (Å²) in [4.78, 5) is 7.10. The van der Waals surface area contributed by atoms with E-state index in [-0.39, 0.29) is 0 Å². The average Bonchev–Trinajstić information content (AvgIpc) is 2.46. The fourth-order valence-electron chi connectivity index (χ4n) is 2.32. The lowest BCUT2D eigenvalue weighted by Gasteiger charge is -2.32. The third kappa shape index (κ3) is 4.48. The molecule has 1 aliphatic heterocycles. The third-order valence-corrected chi connectivity index (χ3v) is 3.43. The standard InChI is InChI=1S/C15H25N3O/c1-3-8-16-15-7-5-6-13(17-15)11-18-9-10-19-14(4-2)12-18/h5-7,14H,3-4,8-12H2,1-2H3,(H,16,17). The summed E-state index contributed by atoms with van der Waals surface area (Å²) >= 11 is 0. The fraction of sp³-hybridized carbons (Fsp3) is 0.667. The summed E-state index contributed by atoms with van der Waals surface area (Å²) < 4.78 is 5.70. The van der Waals surface area contributed by atoms with Gasteiger partial charge in [0.25, 0.3) is 0 Å². The summed E-state index contributed by atoms with van der Waals surface area (Å²) in [6.45, 7) is 9.10. The van der Waals surface area contributed by atoms with E-state index in [1.807, 2.05) is 6.07 Å². The van der Waals surface area contributed by atoms with Gasteiger partial charge >= 0.3 is 0 Å². The van der Waals surface area contributed by atoms with E-state index >= 15 is 0 Å². The summed E-state index contributed by atoms with van der Waals surface area (Å²) in [5, 5.41) is 3.34. The molecule has 1 N–H and O–H groups in total. The summed E-state index contributed by atoms with van der Waals surface area (Å²) in [5.41, 5.74) is 1.14. The maximum Gasteiger partial charge on any atom is 0.126 e. The molecule has 0 amide bonds. The van der Waals surface area contributed by atoms with Crippen molar-refractivity contribution < 1.29 is 4.74 Å². The predicted molar refractivity (Wildman–Crippen MR) is 78.3 cm³/mol. The largest absolute Gasteiger partial charge is 0.376 e. The Hall–Kier alpha value is -1.13. The first kappa shape index (κ1) is 14.3. The molecule has 1 unspecified atom stereocenters. The minimum atomic E-state index is 0.384. The highest BCUT2D eigenvalue weighted by Crippen LogP contribution is 2.12. The Labute approximate surface area is 116 Å². The van der Waals surface area contributed by atoms with Gasteiger partial charge in [0.05, 0.1) is 18.4 Å². The molecule has 0 aromatic carbocycles. The molecule has 2 rings (SSSR count). The van der Waals surface area contributed by atoms with Crippen molar-refractivity contribution in [2.24, 2.45) is 0 Å². The molecule has 4 nitrogen and oxygen atoms in total. The van der Waals surface area contributed by atoms with Crippen molar-refractivity contribution in [3.63, 3.8) is 0 Å². The van der Waals surface area contributed by atoms with Crippen molar-refractivity contribution in [2.75, 3.05) is 31.6 Å². The molecular weight excluding hydrogens is 238 g/mol. The highest BCUT2D eigenvalue weighted by Gasteiger charge is 2.19. The molecule has 0 radical (unpaired) electrons. The smallest absolute Gasteiger partial charge is 0.126 e. The quantitative estimate of drug-likeness (QED) is 0.856. The van der Waals surface area contributed by atoms with Crippen LogP contribution in [0.25, 0.3) is 0 Å². The highest BCUT2D eigenvalue weighted by atomic mass is 16.5. The number of aromatic nitrogens is 1. The number of rotatable bonds is 6. The topological polar surface area (TPSA) is 37.4 Å². The SMILES string of the molecule is CCCNc1cccc(CN2CCOC(CC)C2)n1. The van der Waals surface area contributed by atoms with Crippen LogP contribution in [-0.4, -0.2) is 42.2 Å². The van der Waals surface area contributed by atoms with E-state index in [1.54, 1.807) is 0 Å². The van der Waals surface area contributed by atoms with Gasteiger partial charge in [-0.25, -0.2) is 4.98 Å². The number of morpholine rings is 1. The summed E-state index contributed by atoms with van der Waals surface area (Å²) in [6.07, 6.45) is 2.59. The van der Waals surface area contributed by atoms with E-state index < -0.39 is 0 Å². The molecule has 0 spiro atoms. The molecule has 19 heavy (non-hydrogen) atoms. The minimum Gasteiger partial charge on any atom is -0.376 e. The molecule has 0 aliphatic carbocycles.